The molecule has 0 aliphatic rings. The Morgan fingerprint density at radius 2 is 0.750 bits per heavy atom. The molecule has 0 aliphatic carbocycles. The maximum Gasteiger partial charge on any atom is 0.171 e. The van der Waals surface area contributed by atoms with Gasteiger partial charge in [0.25, 0.3) is 0 Å². The summed E-state index contributed by atoms with van der Waals surface area (Å²) >= 11 is 0. The number of nitriles is 1. The summed E-state index contributed by atoms with van der Waals surface area (Å²) in [4.78, 5) is 14.8. The lowest BCUT2D eigenvalue weighted by Crippen LogP contribution is -2.25. The summed E-state index contributed by atoms with van der Waals surface area (Å²) in [5, 5.41) is 11.9. The summed E-state index contributed by atoms with van der Waals surface area (Å²) in [5.74, 6) is 1.72. The largest absolute Gasteiger partial charge is 0.309 e. The molecule has 7 aromatic carbocycles. The number of hydrogen-bond acceptors (Lipinski definition) is 5. The predicted molar refractivity (Wildman–Crippen MR) is 211 cm³/mol. The van der Waals surface area contributed by atoms with E-state index in [0.29, 0.717) is 28.3 Å². The van der Waals surface area contributed by atoms with Gasteiger partial charge in [0.05, 0.1) is 11.6 Å². The zero-order valence-corrected chi connectivity index (χ0v) is 28.9. The molecule has 246 valence electrons. The van der Waals surface area contributed by atoms with Crippen molar-refractivity contribution in [1.29, 1.82) is 5.26 Å². The molecule has 52 heavy (non-hydrogen) atoms. The molecule has 8 aromatic rings. The van der Waals surface area contributed by atoms with Gasteiger partial charge < -0.3 is 4.57 Å². The molecular weight excluding hydrogens is 656 g/mol. The lowest BCUT2D eigenvalue weighted by molar-refractivity contribution is 0.592. The summed E-state index contributed by atoms with van der Waals surface area (Å²) < 4.78 is 15.7. The first-order valence-corrected chi connectivity index (χ1v) is 18.6. The quantitative estimate of drug-likeness (QED) is 0.149. The van der Waals surface area contributed by atoms with Gasteiger partial charge in [-0.25, -0.2) is 15.0 Å². The molecule has 0 saturated heterocycles. The molecule has 1 heterocycles. The highest BCUT2D eigenvalue weighted by atomic mass is 31.2. The minimum Gasteiger partial charge on any atom is -0.309 e. The van der Waals surface area contributed by atoms with Crippen LogP contribution in [0.2, 0.25) is 0 Å². The molecule has 0 saturated carbocycles. The van der Waals surface area contributed by atoms with Crippen LogP contribution >= 0.6 is 7.14 Å². The van der Waals surface area contributed by atoms with E-state index < -0.39 is 7.14 Å². The minimum atomic E-state index is -3.34. The van der Waals surface area contributed by atoms with Crippen molar-refractivity contribution in [3.05, 3.63) is 194 Å². The first kappa shape index (κ1) is 32.5. The predicted octanol–water partition coefficient (Wildman–Crippen LogP) is 9.72. The number of aromatic nitrogens is 3. The van der Waals surface area contributed by atoms with Crippen molar-refractivity contribution in [1.82, 2.24) is 15.0 Å². The Bertz CT molecular complexity index is 2500. The standard InChI is InChI=1S/C46H31N4OP/c47-32-33-15-13-20-36(27-33)39-29-40(31-43(30-39)52(51,41-23-9-3-10-24-41)42-25-11-4-12-26-42)37-21-14-22-38(28-37)46-49-44(34-16-5-1-6-17-34)48-45(50-46)35-18-7-2-8-19-35/h1-31H. The molecule has 0 fully saturated rings. The molecule has 8 rings (SSSR count). The molecule has 0 amide bonds. The van der Waals surface area contributed by atoms with E-state index in [1.165, 1.54) is 0 Å². The Balaban J connectivity index is 1.33. The second-order valence-corrected chi connectivity index (χ2v) is 15.1. The number of hydrogen-bond donors (Lipinski definition) is 0. The van der Waals surface area contributed by atoms with E-state index in [4.69, 9.17) is 15.0 Å². The third kappa shape index (κ3) is 6.48. The monoisotopic (exact) mass is 686 g/mol. The van der Waals surface area contributed by atoms with Crippen LogP contribution in [0.1, 0.15) is 5.56 Å². The van der Waals surface area contributed by atoms with Crippen LogP contribution in [0.3, 0.4) is 0 Å². The maximum atomic E-state index is 15.7. The molecule has 0 N–H and O–H groups in total. The topological polar surface area (TPSA) is 79.5 Å². The van der Waals surface area contributed by atoms with Crippen molar-refractivity contribution in [3.63, 3.8) is 0 Å². The van der Waals surface area contributed by atoms with Gasteiger partial charge in [-0.1, -0.05) is 152 Å². The number of rotatable bonds is 8. The Morgan fingerprint density at radius 1 is 0.365 bits per heavy atom. The van der Waals surface area contributed by atoms with Gasteiger partial charge in [0.15, 0.2) is 24.6 Å². The van der Waals surface area contributed by atoms with Crippen molar-refractivity contribution >= 4 is 23.1 Å². The Kier molecular flexibility index (Phi) is 8.90. The average molecular weight is 687 g/mol. The van der Waals surface area contributed by atoms with E-state index in [1.54, 1.807) is 6.07 Å². The molecule has 0 aliphatic heterocycles. The van der Waals surface area contributed by atoms with Gasteiger partial charge in [-0.15, -0.1) is 0 Å². The lowest BCUT2D eigenvalue weighted by atomic mass is 9.97. The highest BCUT2D eigenvalue weighted by molar-refractivity contribution is 7.85. The van der Waals surface area contributed by atoms with Crippen LogP contribution in [0.4, 0.5) is 0 Å². The van der Waals surface area contributed by atoms with Crippen LogP contribution < -0.4 is 15.9 Å². The molecular formula is C46H31N4OP. The van der Waals surface area contributed by atoms with Crippen LogP contribution in [-0.4, -0.2) is 15.0 Å². The van der Waals surface area contributed by atoms with Crippen molar-refractivity contribution in [2.24, 2.45) is 0 Å². The van der Waals surface area contributed by atoms with Crippen molar-refractivity contribution < 1.29 is 4.57 Å². The molecule has 0 radical (unpaired) electrons. The summed E-state index contributed by atoms with van der Waals surface area (Å²) in [6.07, 6.45) is 0. The zero-order valence-electron chi connectivity index (χ0n) is 28.0. The second kappa shape index (κ2) is 14.2. The lowest BCUT2D eigenvalue weighted by Gasteiger charge is -2.22. The van der Waals surface area contributed by atoms with Crippen LogP contribution in [0.25, 0.3) is 56.4 Å². The van der Waals surface area contributed by atoms with Crippen molar-refractivity contribution in [3.8, 4) is 62.5 Å². The second-order valence-electron chi connectivity index (χ2n) is 12.4. The van der Waals surface area contributed by atoms with E-state index in [2.05, 4.69) is 18.2 Å². The number of nitrogens with zero attached hydrogens (tertiary/aromatic N) is 4. The van der Waals surface area contributed by atoms with Gasteiger partial charge in [-0.2, -0.15) is 5.26 Å². The fourth-order valence-electron chi connectivity index (χ4n) is 6.39. The van der Waals surface area contributed by atoms with Crippen LogP contribution in [0, 0.1) is 11.3 Å². The van der Waals surface area contributed by atoms with E-state index >= 15 is 4.57 Å². The van der Waals surface area contributed by atoms with Gasteiger partial charge >= 0.3 is 0 Å². The first-order valence-electron chi connectivity index (χ1n) is 16.9. The molecule has 5 nitrogen and oxygen atoms in total. The van der Waals surface area contributed by atoms with Crippen LogP contribution in [0.5, 0.6) is 0 Å². The Morgan fingerprint density at radius 3 is 1.25 bits per heavy atom. The van der Waals surface area contributed by atoms with E-state index in [1.807, 2.05) is 170 Å². The minimum absolute atomic E-state index is 0.548. The average Bonchev–Trinajstić information content (AvgIpc) is 3.24. The van der Waals surface area contributed by atoms with Gasteiger partial charge in [0.1, 0.15) is 0 Å². The summed E-state index contributed by atoms with van der Waals surface area (Å²) in [6, 6.07) is 63.2. The Labute approximate surface area is 303 Å². The third-order valence-corrected chi connectivity index (χ3v) is 12.0. The highest BCUT2D eigenvalue weighted by Gasteiger charge is 2.30. The SMILES string of the molecule is N#Cc1cccc(-c2cc(-c3cccc(-c4nc(-c5ccccc5)nc(-c5ccccc5)n4)c3)cc(P(=O)(c3ccccc3)c3ccccc3)c2)c1. The van der Waals surface area contributed by atoms with Gasteiger partial charge in [0, 0.05) is 32.6 Å². The van der Waals surface area contributed by atoms with Gasteiger partial charge in [0.2, 0.25) is 0 Å². The molecule has 0 bridgehead atoms. The zero-order chi connectivity index (χ0) is 35.3. The summed E-state index contributed by atoms with van der Waals surface area (Å²) in [7, 11) is -3.34. The molecule has 0 spiro atoms. The maximum absolute atomic E-state index is 15.7. The normalized spacial score (nSPS) is 11.1. The highest BCUT2D eigenvalue weighted by Crippen LogP contribution is 2.44. The molecule has 6 heteroatoms. The van der Waals surface area contributed by atoms with Crippen LogP contribution in [0.15, 0.2) is 188 Å². The first-order chi connectivity index (χ1) is 25.6. The van der Waals surface area contributed by atoms with Gasteiger partial charge in [-0.3, -0.25) is 0 Å². The molecule has 0 atom stereocenters. The molecule has 0 unspecified atom stereocenters. The summed E-state index contributed by atoms with van der Waals surface area (Å²) in [6.45, 7) is 0. The van der Waals surface area contributed by atoms with Crippen LogP contribution in [-0.2, 0) is 4.57 Å². The fraction of sp³-hybridized carbons (Fsp3) is 0. The van der Waals surface area contributed by atoms with E-state index in [9.17, 15) is 5.26 Å². The van der Waals surface area contributed by atoms with E-state index in [-0.39, 0.29) is 0 Å². The number of benzene rings is 7. The fourth-order valence-corrected chi connectivity index (χ4v) is 9.11. The van der Waals surface area contributed by atoms with Gasteiger partial charge in [-0.05, 0) is 58.7 Å². The smallest absolute Gasteiger partial charge is 0.171 e. The third-order valence-electron chi connectivity index (χ3n) is 9.00. The Hall–Kier alpha value is -6.73. The molecule has 1 aromatic heterocycles. The summed E-state index contributed by atoms with van der Waals surface area (Å²) in [5.41, 5.74) is 6.68. The van der Waals surface area contributed by atoms with E-state index in [0.717, 1.165) is 49.6 Å². The van der Waals surface area contributed by atoms with Crippen molar-refractivity contribution in [2.45, 2.75) is 0 Å². The van der Waals surface area contributed by atoms with Crippen molar-refractivity contribution in [2.75, 3.05) is 0 Å².